The van der Waals surface area contributed by atoms with E-state index >= 15 is 0 Å². The molecular weight excluding hydrogens is 218 g/mol. The van der Waals surface area contributed by atoms with Gasteiger partial charge in [-0.05, 0) is 33.6 Å². The fourth-order valence-corrected chi connectivity index (χ4v) is 2.01. The maximum atomic E-state index is 11.9. The molecule has 0 aliphatic carbocycles. The molecule has 1 heterocycles. The van der Waals surface area contributed by atoms with Crippen molar-refractivity contribution >= 4 is 5.91 Å². The Bertz CT molecular complexity index is 234. The van der Waals surface area contributed by atoms with Crippen molar-refractivity contribution in [2.24, 2.45) is 5.92 Å². The number of ether oxygens (including phenoxy) is 1. The first-order chi connectivity index (χ1) is 8.15. The first-order valence-electron chi connectivity index (χ1n) is 6.38. The van der Waals surface area contributed by atoms with Crippen LogP contribution in [0.2, 0.25) is 0 Å². The third kappa shape index (κ3) is 5.02. The van der Waals surface area contributed by atoms with Crippen LogP contribution in [0.5, 0.6) is 0 Å². The average Bonchev–Trinajstić information content (AvgIpc) is 2.72. The van der Waals surface area contributed by atoms with Crippen molar-refractivity contribution in [1.29, 1.82) is 0 Å². The smallest absolute Gasteiger partial charge is 0.227 e. The lowest BCUT2D eigenvalue weighted by Crippen LogP contribution is -2.44. The number of carbonyl (C=O) groups excluding carboxylic acids is 1. The van der Waals surface area contributed by atoms with Crippen LogP contribution in [0.4, 0.5) is 0 Å². The normalized spacial score (nSPS) is 24.2. The molecule has 2 atom stereocenters. The molecule has 1 aliphatic heterocycles. The Balaban J connectivity index is 2.22. The van der Waals surface area contributed by atoms with Crippen LogP contribution in [0.15, 0.2) is 0 Å². The van der Waals surface area contributed by atoms with Crippen LogP contribution in [0.25, 0.3) is 0 Å². The zero-order valence-electron chi connectivity index (χ0n) is 11.2. The van der Waals surface area contributed by atoms with Crippen LogP contribution in [0.1, 0.15) is 13.3 Å². The van der Waals surface area contributed by atoms with Crippen molar-refractivity contribution in [2.75, 3.05) is 46.9 Å². The van der Waals surface area contributed by atoms with E-state index in [1.165, 1.54) is 0 Å². The van der Waals surface area contributed by atoms with E-state index < -0.39 is 0 Å². The number of nitrogens with one attached hydrogen (secondary N) is 2. The minimum atomic E-state index is -0.0330. The number of hydrogen-bond donors (Lipinski definition) is 2. The largest absolute Gasteiger partial charge is 0.379 e. The van der Waals surface area contributed by atoms with E-state index in [1.807, 2.05) is 21.0 Å². The first kappa shape index (κ1) is 14.4. The van der Waals surface area contributed by atoms with Crippen molar-refractivity contribution in [2.45, 2.75) is 19.4 Å². The lowest BCUT2D eigenvalue weighted by atomic mass is 10.0. The maximum absolute atomic E-state index is 11.9. The number of rotatable bonds is 7. The molecule has 5 nitrogen and oxygen atoms in total. The highest BCUT2D eigenvalue weighted by Gasteiger charge is 2.32. The summed E-state index contributed by atoms with van der Waals surface area (Å²) in [6, 6.07) is 0.175. The van der Waals surface area contributed by atoms with Crippen LogP contribution in [-0.2, 0) is 9.53 Å². The second kappa shape index (κ2) is 7.63. The molecule has 0 aromatic heterocycles. The van der Waals surface area contributed by atoms with Gasteiger partial charge >= 0.3 is 0 Å². The summed E-state index contributed by atoms with van der Waals surface area (Å²) in [4.78, 5) is 14.0. The Hall–Kier alpha value is -0.650. The zero-order chi connectivity index (χ0) is 12.7. The summed E-state index contributed by atoms with van der Waals surface area (Å²) in [5.41, 5.74) is 0. The van der Waals surface area contributed by atoms with Crippen molar-refractivity contribution in [1.82, 2.24) is 15.5 Å². The van der Waals surface area contributed by atoms with E-state index in [0.29, 0.717) is 13.2 Å². The van der Waals surface area contributed by atoms with Gasteiger partial charge in [0.25, 0.3) is 0 Å². The molecule has 2 N–H and O–H groups in total. The van der Waals surface area contributed by atoms with E-state index in [1.54, 1.807) is 0 Å². The molecule has 0 aromatic carbocycles. The summed E-state index contributed by atoms with van der Waals surface area (Å²) in [5, 5.41) is 6.27. The zero-order valence-corrected chi connectivity index (χ0v) is 11.2. The van der Waals surface area contributed by atoms with E-state index in [2.05, 4.69) is 15.5 Å². The van der Waals surface area contributed by atoms with Gasteiger partial charge in [-0.1, -0.05) is 6.92 Å². The van der Waals surface area contributed by atoms with Crippen molar-refractivity contribution in [3.63, 3.8) is 0 Å². The molecule has 0 saturated carbocycles. The first-order valence-corrected chi connectivity index (χ1v) is 6.38. The number of hydrogen-bond acceptors (Lipinski definition) is 4. The fourth-order valence-electron chi connectivity index (χ4n) is 2.01. The summed E-state index contributed by atoms with van der Waals surface area (Å²) in [7, 11) is 4.07. The molecule has 0 bridgehead atoms. The highest BCUT2D eigenvalue weighted by molar-refractivity contribution is 5.79. The molecule has 17 heavy (non-hydrogen) atoms. The lowest BCUT2D eigenvalue weighted by Gasteiger charge is -2.18. The Morgan fingerprint density at radius 1 is 1.41 bits per heavy atom. The molecule has 5 heteroatoms. The van der Waals surface area contributed by atoms with Gasteiger partial charge in [0, 0.05) is 12.6 Å². The quantitative estimate of drug-likeness (QED) is 0.602. The summed E-state index contributed by atoms with van der Waals surface area (Å²) in [6.07, 6.45) is 0.984. The third-order valence-electron chi connectivity index (χ3n) is 2.96. The van der Waals surface area contributed by atoms with E-state index in [0.717, 1.165) is 26.1 Å². The molecule has 1 rings (SSSR count). The van der Waals surface area contributed by atoms with Gasteiger partial charge in [-0.25, -0.2) is 0 Å². The molecular formula is C12H25N3O2. The molecule has 0 radical (unpaired) electrons. The molecule has 1 saturated heterocycles. The van der Waals surface area contributed by atoms with Gasteiger partial charge in [0.2, 0.25) is 5.91 Å². The topological polar surface area (TPSA) is 53.6 Å². The Kier molecular flexibility index (Phi) is 6.47. The van der Waals surface area contributed by atoms with Gasteiger partial charge in [-0.2, -0.15) is 0 Å². The predicted molar refractivity (Wildman–Crippen MR) is 68.0 cm³/mol. The van der Waals surface area contributed by atoms with Crippen LogP contribution in [0.3, 0.4) is 0 Å². The van der Waals surface area contributed by atoms with Crippen LogP contribution in [0, 0.1) is 5.92 Å². The molecule has 0 spiro atoms. The standard InChI is InChI=1S/C12H25N3O2/c1-4-13-11-9-17-8-10(11)12(16)14-6-5-7-15(2)3/h10-11,13H,4-9H2,1-3H3,(H,14,16). The molecule has 2 unspecified atom stereocenters. The number of likely N-dealkylation sites (N-methyl/N-ethyl adjacent to an activating group) is 1. The van der Waals surface area contributed by atoms with Gasteiger partial charge in [-0.3, -0.25) is 4.79 Å². The van der Waals surface area contributed by atoms with Crippen molar-refractivity contribution in [3.05, 3.63) is 0 Å². The molecule has 1 fully saturated rings. The molecule has 1 aliphatic rings. The molecule has 100 valence electrons. The maximum Gasteiger partial charge on any atom is 0.227 e. The third-order valence-corrected chi connectivity index (χ3v) is 2.96. The van der Waals surface area contributed by atoms with Gasteiger partial charge in [0.05, 0.1) is 19.1 Å². The minimum Gasteiger partial charge on any atom is -0.379 e. The van der Waals surface area contributed by atoms with Crippen molar-refractivity contribution in [3.8, 4) is 0 Å². The highest BCUT2D eigenvalue weighted by Crippen LogP contribution is 2.13. The summed E-state index contributed by atoms with van der Waals surface area (Å²) in [6.45, 7) is 5.84. The van der Waals surface area contributed by atoms with Gasteiger partial charge in [0.15, 0.2) is 0 Å². The number of carbonyl (C=O) groups is 1. The molecule has 1 amide bonds. The average molecular weight is 243 g/mol. The van der Waals surface area contributed by atoms with E-state index in [9.17, 15) is 4.79 Å². The monoisotopic (exact) mass is 243 g/mol. The fraction of sp³-hybridized carbons (Fsp3) is 0.917. The molecule has 0 aromatic rings. The second-order valence-corrected chi connectivity index (χ2v) is 4.76. The van der Waals surface area contributed by atoms with Crippen LogP contribution >= 0.6 is 0 Å². The Morgan fingerprint density at radius 3 is 2.82 bits per heavy atom. The van der Waals surface area contributed by atoms with E-state index in [-0.39, 0.29) is 17.9 Å². The van der Waals surface area contributed by atoms with E-state index in [4.69, 9.17) is 4.74 Å². The highest BCUT2D eigenvalue weighted by atomic mass is 16.5. The minimum absolute atomic E-state index is 0.0330. The summed E-state index contributed by atoms with van der Waals surface area (Å²) >= 11 is 0. The number of nitrogens with zero attached hydrogens (tertiary/aromatic N) is 1. The van der Waals surface area contributed by atoms with Gasteiger partial charge < -0.3 is 20.3 Å². The predicted octanol–water partition coefficient (Wildman–Crippen LogP) is -0.321. The second-order valence-electron chi connectivity index (χ2n) is 4.76. The SMILES string of the molecule is CCNC1COCC1C(=O)NCCCN(C)C. The van der Waals surface area contributed by atoms with Crippen molar-refractivity contribution < 1.29 is 9.53 Å². The van der Waals surface area contributed by atoms with Crippen LogP contribution in [-0.4, -0.2) is 63.8 Å². The van der Waals surface area contributed by atoms with Gasteiger partial charge in [-0.15, -0.1) is 0 Å². The van der Waals surface area contributed by atoms with Gasteiger partial charge in [0.1, 0.15) is 0 Å². The van der Waals surface area contributed by atoms with Crippen LogP contribution < -0.4 is 10.6 Å². The Labute approximate surface area is 104 Å². The lowest BCUT2D eigenvalue weighted by molar-refractivity contribution is -0.125. The summed E-state index contributed by atoms with van der Waals surface area (Å²) < 4.78 is 5.36. The summed E-state index contributed by atoms with van der Waals surface area (Å²) in [5.74, 6) is 0.0847. The number of amides is 1. The Morgan fingerprint density at radius 2 is 2.18 bits per heavy atom.